The summed E-state index contributed by atoms with van der Waals surface area (Å²) in [7, 11) is 1.48. The Morgan fingerprint density at radius 1 is 1.06 bits per heavy atom. The van der Waals surface area contributed by atoms with Gasteiger partial charge in [-0.3, -0.25) is 4.79 Å². The zero-order valence-electron chi connectivity index (χ0n) is 31.4. The second-order valence-corrected chi connectivity index (χ2v) is 16.8. The fraction of sp³-hybridized carbons (Fsp3) is 0.700. The molecule has 1 spiro atoms. The normalized spacial score (nSPS) is 44.9. The number of hydrogen-bond acceptors (Lipinski definition) is 10. The number of hydrogen-bond donors (Lipinski definition) is 1. The van der Waals surface area contributed by atoms with Crippen LogP contribution in [0.1, 0.15) is 47.5 Å². The maximum absolute atomic E-state index is 13.8. The van der Waals surface area contributed by atoms with Crippen molar-refractivity contribution in [3.8, 4) is 0 Å². The van der Waals surface area contributed by atoms with Crippen molar-refractivity contribution in [1.29, 1.82) is 0 Å². The van der Waals surface area contributed by atoms with E-state index in [1.807, 2.05) is 39.0 Å². The van der Waals surface area contributed by atoms with E-state index in [9.17, 15) is 24.3 Å². The highest BCUT2D eigenvalue weighted by Gasteiger charge is 2.69. The fourth-order valence-corrected chi connectivity index (χ4v) is 10.8. The van der Waals surface area contributed by atoms with Gasteiger partial charge in [0.2, 0.25) is 0 Å². The lowest BCUT2D eigenvalue weighted by molar-refractivity contribution is -1.07. The maximum Gasteiger partial charge on any atom is 0.362 e. The van der Waals surface area contributed by atoms with Crippen LogP contribution in [0.25, 0.3) is 0 Å². The van der Waals surface area contributed by atoms with Gasteiger partial charge in [0.25, 0.3) is 0 Å². The third-order valence-corrected chi connectivity index (χ3v) is 13.6. The van der Waals surface area contributed by atoms with E-state index in [1.54, 1.807) is 19.9 Å². The zero-order chi connectivity index (χ0) is 37.2. The number of ether oxygens (including phenoxy) is 5. The predicted octanol–water partition coefficient (Wildman–Crippen LogP) is 2.45. The summed E-state index contributed by atoms with van der Waals surface area (Å²) in [6.45, 7) is 15.1. The number of ketones is 1. The van der Waals surface area contributed by atoms with Crippen molar-refractivity contribution in [1.82, 2.24) is 0 Å². The Bertz CT molecular complexity index is 1570. The first-order chi connectivity index (χ1) is 24.7. The van der Waals surface area contributed by atoms with E-state index >= 15 is 0 Å². The summed E-state index contributed by atoms with van der Waals surface area (Å²) in [6.07, 6.45) is 7.92. The van der Waals surface area contributed by atoms with Crippen LogP contribution >= 0.6 is 0 Å². The lowest BCUT2D eigenvalue weighted by Gasteiger charge is -2.54. The van der Waals surface area contributed by atoms with Gasteiger partial charge in [0.1, 0.15) is 75.8 Å². The number of piperazine rings is 3. The molecule has 12 atom stereocenters. The van der Waals surface area contributed by atoms with Crippen LogP contribution in [0.5, 0.6) is 0 Å². The molecule has 5 aliphatic heterocycles. The van der Waals surface area contributed by atoms with Gasteiger partial charge in [0, 0.05) is 49.2 Å². The van der Waals surface area contributed by atoms with Crippen LogP contribution in [0, 0.1) is 29.6 Å². The molecule has 3 aliphatic carbocycles. The number of aliphatic hydroxyl groups is 1. The Labute approximate surface area is 306 Å². The highest BCUT2D eigenvalue weighted by molar-refractivity contribution is 5.90. The second kappa shape index (κ2) is 13.9. The van der Waals surface area contributed by atoms with E-state index < -0.39 is 60.1 Å². The molecule has 52 heavy (non-hydrogen) atoms. The van der Waals surface area contributed by atoms with Gasteiger partial charge in [-0.15, -0.1) is 0 Å². The molecular weight excluding hydrogens is 668 g/mol. The molecule has 1 saturated carbocycles. The number of Topliss-reactive ketones (excluding diaryl/α,β-unsaturated/α-hetero) is 1. The summed E-state index contributed by atoms with van der Waals surface area (Å²) in [6, 6.07) is 0. The Morgan fingerprint density at radius 3 is 2.35 bits per heavy atom. The SMILES string of the molecule is CO[C@H]1C[C@H]2C=C[C@H]3[C@H]4O[C@]2(/C(C)=C/[C@@H](C)[C@@H]([C@@H](C)OC(=O)C[N+]25CC[N+](CC(C)=O)(CC2)CC5)OC1=O)[C@@H]3[C@H](O)[C@@H](C)[C@H]4OC(=O)C1=CC=CC1. The minimum absolute atomic E-state index is 0.202. The largest absolute Gasteiger partial charge is 0.456 e. The number of carbonyl (C=O) groups is 4. The molecule has 6 bridgehead atoms. The molecule has 1 N–H and O–H groups in total. The van der Waals surface area contributed by atoms with E-state index in [4.69, 9.17) is 23.7 Å². The number of rotatable bonds is 9. The van der Waals surface area contributed by atoms with Crippen LogP contribution in [-0.2, 0) is 42.9 Å². The molecule has 12 nitrogen and oxygen atoms in total. The average molecular weight is 725 g/mol. The number of esters is 3. The molecule has 0 unspecified atom stereocenters. The van der Waals surface area contributed by atoms with Gasteiger partial charge in [-0.2, -0.15) is 0 Å². The van der Waals surface area contributed by atoms with Crippen molar-refractivity contribution in [2.75, 3.05) is 59.5 Å². The summed E-state index contributed by atoms with van der Waals surface area (Å²) in [4.78, 5) is 52.5. The van der Waals surface area contributed by atoms with Crippen LogP contribution in [0.4, 0.5) is 0 Å². The van der Waals surface area contributed by atoms with Gasteiger partial charge >= 0.3 is 17.9 Å². The van der Waals surface area contributed by atoms with E-state index in [-0.39, 0.29) is 48.4 Å². The number of methoxy groups -OCH3 is 1. The fourth-order valence-electron chi connectivity index (χ4n) is 10.8. The molecular formula is C40H56N2O10+2. The first-order valence-corrected chi connectivity index (χ1v) is 19.1. The van der Waals surface area contributed by atoms with E-state index in [0.29, 0.717) is 23.0 Å². The minimum atomic E-state index is -0.991. The van der Waals surface area contributed by atoms with Gasteiger partial charge in [0.15, 0.2) is 18.4 Å². The number of cyclic esters (lactones) is 1. The average Bonchev–Trinajstić information content (AvgIpc) is 3.71. The Morgan fingerprint density at radius 2 is 1.73 bits per heavy atom. The molecule has 0 amide bonds. The first kappa shape index (κ1) is 37.2. The second-order valence-electron chi connectivity index (χ2n) is 16.8. The number of quaternary nitrogens is 2. The van der Waals surface area contributed by atoms with Crippen LogP contribution in [-0.4, -0.2) is 139 Å². The summed E-state index contributed by atoms with van der Waals surface area (Å²) >= 11 is 0. The van der Waals surface area contributed by atoms with Crippen LogP contribution < -0.4 is 0 Å². The molecule has 0 aromatic heterocycles. The number of carbonyl (C=O) groups excluding carboxylic acids is 4. The quantitative estimate of drug-likeness (QED) is 0.164. The van der Waals surface area contributed by atoms with Crippen LogP contribution in [0.15, 0.2) is 47.6 Å². The van der Waals surface area contributed by atoms with Crippen molar-refractivity contribution >= 4 is 23.7 Å². The van der Waals surface area contributed by atoms with Crippen LogP contribution in [0.3, 0.4) is 0 Å². The topological polar surface area (TPSA) is 135 Å². The summed E-state index contributed by atoms with van der Waals surface area (Å²) in [5.41, 5.74) is 0.468. The molecule has 284 valence electrons. The van der Waals surface area contributed by atoms with Crippen molar-refractivity contribution in [2.45, 2.75) is 89.7 Å². The monoisotopic (exact) mass is 724 g/mol. The lowest BCUT2D eigenvalue weighted by Crippen LogP contribution is -2.76. The zero-order valence-corrected chi connectivity index (χ0v) is 31.4. The number of fused-ring (bicyclic) bond motifs is 3. The first-order valence-electron chi connectivity index (χ1n) is 19.1. The molecule has 0 aromatic carbocycles. The number of aliphatic hydroxyl groups excluding tert-OH is 1. The summed E-state index contributed by atoms with van der Waals surface area (Å²) < 4.78 is 32.7. The molecule has 0 radical (unpaired) electrons. The van der Waals surface area contributed by atoms with Gasteiger partial charge in [-0.25, -0.2) is 14.4 Å². The molecule has 5 heterocycles. The molecule has 5 fully saturated rings. The van der Waals surface area contributed by atoms with Crippen molar-refractivity contribution in [2.24, 2.45) is 29.6 Å². The predicted molar refractivity (Wildman–Crippen MR) is 188 cm³/mol. The molecule has 4 saturated heterocycles. The van der Waals surface area contributed by atoms with Gasteiger partial charge in [-0.1, -0.05) is 50.3 Å². The third-order valence-electron chi connectivity index (χ3n) is 13.6. The molecule has 0 aromatic rings. The van der Waals surface area contributed by atoms with E-state index in [2.05, 4.69) is 12.2 Å². The third kappa shape index (κ3) is 6.32. The lowest BCUT2D eigenvalue weighted by atomic mass is 9.57. The van der Waals surface area contributed by atoms with Crippen molar-refractivity contribution in [3.05, 3.63) is 47.6 Å². The van der Waals surface area contributed by atoms with Gasteiger partial charge < -0.3 is 37.8 Å². The molecule has 12 heteroatoms. The van der Waals surface area contributed by atoms with E-state index in [1.165, 1.54) is 7.11 Å². The van der Waals surface area contributed by atoms with Crippen molar-refractivity contribution < 1.29 is 56.9 Å². The maximum atomic E-state index is 13.8. The minimum Gasteiger partial charge on any atom is -0.456 e. The van der Waals surface area contributed by atoms with Crippen molar-refractivity contribution in [3.63, 3.8) is 0 Å². The number of nitrogens with zero attached hydrogens (tertiary/aromatic N) is 2. The Kier molecular flexibility index (Phi) is 9.95. The number of allylic oxidation sites excluding steroid dienone is 3. The Balaban J connectivity index is 1.12. The summed E-state index contributed by atoms with van der Waals surface area (Å²) in [5.74, 6) is -2.74. The van der Waals surface area contributed by atoms with Crippen LogP contribution in [0.2, 0.25) is 0 Å². The Hall–Kier alpha value is -3.16. The summed E-state index contributed by atoms with van der Waals surface area (Å²) in [5, 5.41) is 12.0. The molecule has 8 rings (SSSR count). The standard InChI is InChI=1S/C40H56N2O10/c1-23-19-24(2)40-29(11-12-30-33(40)34(45)26(4)36(37(30)52-40)51-38(46)28-9-7-8-10-28)20-31(48-6)39(47)50-35(23)27(5)49-32(44)22-42-16-13-41(14-17-42,15-18-42)21-25(3)43/h7-9,11-12,19,23,26-27,29-31,33-37,45H,10,13-18,20-22H2,1-6H3/q+2/b24-19+/t23-,26-,27-,29-,30-,31+,33+,34-,35+,36-,37-,40+,41?,42?/m1/s1. The highest BCUT2D eigenvalue weighted by Crippen LogP contribution is 2.61. The highest BCUT2D eigenvalue weighted by atomic mass is 16.6. The van der Waals surface area contributed by atoms with Gasteiger partial charge in [0.05, 0.1) is 6.10 Å². The van der Waals surface area contributed by atoms with E-state index in [0.717, 1.165) is 49.3 Å². The smallest absolute Gasteiger partial charge is 0.362 e. The molecule has 8 aliphatic rings. The van der Waals surface area contributed by atoms with Gasteiger partial charge in [-0.05, 0) is 32.3 Å².